The smallest absolute Gasteiger partial charge is 0.416 e. The minimum absolute atomic E-state index is 0.146. The molecule has 1 atom stereocenters. The highest BCUT2D eigenvalue weighted by atomic mass is 19.4. The zero-order valence-electron chi connectivity index (χ0n) is 13.6. The Kier molecular flexibility index (Phi) is 6.02. The number of hydrogen-bond acceptors (Lipinski definition) is 4. The fraction of sp³-hybridized carbons (Fsp3) is 0.500. The number of morpholine rings is 1. The first kappa shape index (κ1) is 19.2. The molecule has 1 aliphatic rings. The molecule has 0 aromatic heterocycles. The van der Waals surface area contributed by atoms with E-state index in [-0.39, 0.29) is 37.3 Å². The molecule has 0 spiro atoms. The number of aliphatic carboxylic acids is 1. The summed E-state index contributed by atoms with van der Waals surface area (Å²) in [5.74, 6) is -1.33. The van der Waals surface area contributed by atoms with Gasteiger partial charge in [-0.25, -0.2) is 0 Å². The van der Waals surface area contributed by atoms with Gasteiger partial charge in [0.05, 0.1) is 24.8 Å². The largest absolute Gasteiger partial charge is 0.480 e. The van der Waals surface area contributed by atoms with Crippen molar-refractivity contribution in [3.63, 3.8) is 0 Å². The molecule has 1 unspecified atom stereocenters. The van der Waals surface area contributed by atoms with Crippen molar-refractivity contribution in [3.05, 3.63) is 35.4 Å². The minimum atomic E-state index is -4.44. The number of carboxylic acids is 1. The second kappa shape index (κ2) is 7.83. The van der Waals surface area contributed by atoms with Gasteiger partial charge in [-0.3, -0.25) is 14.5 Å². The molecule has 0 radical (unpaired) electrons. The maximum absolute atomic E-state index is 12.6. The molecule has 1 fully saturated rings. The minimum Gasteiger partial charge on any atom is -0.480 e. The lowest BCUT2D eigenvalue weighted by molar-refractivity contribution is -0.139. The third kappa shape index (κ3) is 5.43. The Morgan fingerprint density at radius 2 is 1.96 bits per heavy atom. The van der Waals surface area contributed by atoms with Crippen LogP contribution in [0.3, 0.4) is 0 Å². The number of benzene rings is 1. The zero-order valence-corrected chi connectivity index (χ0v) is 13.6. The standard InChI is InChI=1S/C16H19F3N2O4/c1-20(10-14(22)23)8-13-9-21(6-7-25-13)15(24)11-2-4-12(5-3-11)16(17,18)19/h2-5,13H,6-10H2,1H3,(H,22,23). The van der Waals surface area contributed by atoms with E-state index in [1.807, 2.05) is 0 Å². The van der Waals surface area contributed by atoms with Crippen molar-refractivity contribution in [2.45, 2.75) is 12.3 Å². The van der Waals surface area contributed by atoms with Crippen molar-refractivity contribution in [2.24, 2.45) is 0 Å². The summed E-state index contributed by atoms with van der Waals surface area (Å²) in [6, 6.07) is 4.08. The third-order valence-electron chi connectivity index (χ3n) is 3.81. The van der Waals surface area contributed by atoms with Gasteiger partial charge in [0.25, 0.3) is 5.91 Å². The van der Waals surface area contributed by atoms with Crippen LogP contribution in [0.4, 0.5) is 13.2 Å². The summed E-state index contributed by atoms with van der Waals surface area (Å²) in [5.41, 5.74) is -0.633. The molecule has 0 saturated carbocycles. The van der Waals surface area contributed by atoms with Gasteiger partial charge in [-0.1, -0.05) is 0 Å². The van der Waals surface area contributed by atoms with Crippen LogP contribution in [0.2, 0.25) is 0 Å². The SMILES string of the molecule is CN(CC(=O)O)CC1CN(C(=O)c2ccc(C(F)(F)F)cc2)CCO1. The first-order valence-corrected chi connectivity index (χ1v) is 7.65. The van der Waals surface area contributed by atoms with Crippen LogP contribution < -0.4 is 0 Å². The molecular formula is C16H19F3N2O4. The molecule has 1 aliphatic heterocycles. The van der Waals surface area contributed by atoms with E-state index in [4.69, 9.17) is 9.84 Å². The normalized spacial score (nSPS) is 18.4. The van der Waals surface area contributed by atoms with E-state index in [0.717, 1.165) is 24.3 Å². The molecule has 1 aromatic carbocycles. The van der Waals surface area contributed by atoms with Crippen LogP contribution in [-0.2, 0) is 15.7 Å². The van der Waals surface area contributed by atoms with Crippen LogP contribution in [-0.4, -0.2) is 72.7 Å². The second-order valence-corrected chi connectivity index (χ2v) is 5.91. The highest BCUT2D eigenvalue weighted by Gasteiger charge is 2.31. The molecule has 1 N–H and O–H groups in total. The summed E-state index contributed by atoms with van der Waals surface area (Å²) in [7, 11) is 1.63. The highest BCUT2D eigenvalue weighted by Crippen LogP contribution is 2.29. The average molecular weight is 360 g/mol. The highest BCUT2D eigenvalue weighted by molar-refractivity contribution is 5.94. The zero-order chi connectivity index (χ0) is 18.6. The fourth-order valence-electron chi connectivity index (χ4n) is 2.64. The number of likely N-dealkylation sites (N-methyl/N-ethyl adjacent to an activating group) is 1. The van der Waals surface area contributed by atoms with Gasteiger partial charge in [-0.15, -0.1) is 0 Å². The van der Waals surface area contributed by atoms with E-state index in [1.54, 1.807) is 11.9 Å². The third-order valence-corrected chi connectivity index (χ3v) is 3.81. The molecule has 25 heavy (non-hydrogen) atoms. The number of carboxylic acid groups (broad SMARTS) is 1. The summed E-state index contributed by atoms with van der Waals surface area (Å²) >= 11 is 0. The topological polar surface area (TPSA) is 70.1 Å². The summed E-state index contributed by atoms with van der Waals surface area (Å²) in [5, 5.41) is 8.75. The Labute approximate surface area is 142 Å². The van der Waals surface area contributed by atoms with Crippen LogP contribution in [0.15, 0.2) is 24.3 Å². The molecule has 0 bridgehead atoms. The maximum Gasteiger partial charge on any atom is 0.416 e. The Morgan fingerprint density at radius 1 is 1.32 bits per heavy atom. The molecule has 9 heteroatoms. The molecule has 0 aliphatic carbocycles. The first-order chi connectivity index (χ1) is 11.7. The molecule has 1 amide bonds. The molecular weight excluding hydrogens is 341 g/mol. The van der Waals surface area contributed by atoms with Crippen molar-refractivity contribution in [3.8, 4) is 0 Å². The van der Waals surface area contributed by atoms with E-state index in [9.17, 15) is 22.8 Å². The number of carbonyl (C=O) groups is 2. The summed E-state index contributed by atoms with van der Waals surface area (Å²) in [6.45, 7) is 1.07. The molecule has 138 valence electrons. The van der Waals surface area contributed by atoms with Crippen molar-refractivity contribution < 1.29 is 32.6 Å². The average Bonchev–Trinajstić information content (AvgIpc) is 2.53. The number of rotatable bonds is 5. The maximum atomic E-state index is 12.6. The van der Waals surface area contributed by atoms with Crippen LogP contribution in [0.25, 0.3) is 0 Å². The Hall–Kier alpha value is -2.13. The van der Waals surface area contributed by atoms with Crippen molar-refractivity contribution >= 4 is 11.9 Å². The Morgan fingerprint density at radius 3 is 2.52 bits per heavy atom. The first-order valence-electron chi connectivity index (χ1n) is 7.65. The van der Waals surface area contributed by atoms with Gasteiger partial charge >= 0.3 is 12.1 Å². The summed E-state index contributed by atoms with van der Waals surface area (Å²) in [6.07, 6.45) is -4.79. The Balaban J connectivity index is 1.98. The van der Waals surface area contributed by atoms with Crippen LogP contribution in [0, 0.1) is 0 Å². The van der Waals surface area contributed by atoms with Crippen molar-refractivity contribution in [2.75, 3.05) is 39.8 Å². The summed E-state index contributed by atoms with van der Waals surface area (Å²) < 4.78 is 43.3. The van der Waals surface area contributed by atoms with Gasteiger partial charge in [0, 0.05) is 25.2 Å². The molecule has 1 heterocycles. The number of halogens is 3. The number of nitrogens with zero attached hydrogens (tertiary/aromatic N) is 2. The van der Waals surface area contributed by atoms with Gasteiger partial charge in [0.1, 0.15) is 0 Å². The van der Waals surface area contributed by atoms with Crippen LogP contribution in [0.1, 0.15) is 15.9 Å². The van der Waals surface area contributed by atoms with E-state index in [1.165, 1.54) is 4.90 Å². The lowest BCUT2D eigenvalue weighted by Crippen LogP contribution is -2.49. The molecule has 1 aromatic rings. The van der Waals surface area contributed by atoms with Gasteiger partial charge in [-0.05, 0) is 31.3 Å². The van der Waals surface area contributed by atoms with E-state index >= 15 is 0 Å². The van der Waals surface area contributed by atoms with E-state index in [2.05, 4.69) is 0 Å². The Bertz CT molecular complexity index is 619. The van der Waals surface area contributed by atoms with Crippen molar-refractivity contribution in [1.29, 1.82) is 0 Å². The molecule has 6 nitrogen and oxygen atoms in total. The predicted octanol–water partition coefficient (Wildman–Crippen LogP) is 1.56. The van der Waals surface area contributed by atoms with Gasteiger partial charge in [0.15, 0.2) is 0 Å². The van der Waals surface area contributed by atoms with Crippen LogP contribution in [0.5, 0.6) is 0 Å². The number of carbonyl (C=O) groups excluding carboxylic acids is 1. The molecule has 2 rings (SSSR count). The van der Waals surface area contributed by atoms with E-state index < -0.39 is 17.7 Å². The van der Waals surface area contributed by atoms with Gasteiger partial charge in [-0.2, -0.15) is 13.2 Å². The van der Waals surface area contributed by atoms with Crippen molar-refractivity contribution in [1.82, 2.24) is 9.80 Å². The fourth-order valence-corrected chi connectivity index (χ4v) is 2.64. The van der Waals surface area contributed by atoms with Gasteiger partial charge < -0.3 is 14.7 Å². The van der Waals surface area contributed by atoms with Gasteiger partial charge in [0.2, 0.25) is 0 Å². The molecule has 1 saturated heterocycles. The number of amides is 1. The number of ether oxygens (including phenoxy) is 1. The van der Waals surface area contributed by atoms with Crippen LogP contribution >= 0.6 is 0 Å². The quantitative estimate of drug-likeness (QED) is 0.863. The number of hydrogen-bond donors (Lipinski definition) is 1. The number of alkyl halides is 3. The predicted molar refractivity (Wildman–Crippen MR) is 82.2 cm³/mol. The van der Waals surface area contributed by atoms with E-state index in [0.29, 0.717) is 13.1 Å². The lowest BCUT2D eigenvalue weighted by Gasteiger charge is -2.34. The second-order valence-electron chi connectivity index (χ2n) is 5.91. The lowest BCUT2D eigenvalue weighted by atomic mass is 10.1. The summed E-state index contributed by atoms with van der Waals surface area (Å²) in [4.78, 5) is 26.2. The monoisotopic (exact) mass is 360 g/mol.